The number of hydrogen-bond donors (Lipinski definition) is 0. The van der Waals surface area contributed by atoms with Crippen LogP contribution in [-0.4, -0.2) is 34.1 Å². The largest absolute Gasteiger partial charge is 0.472 e. The SMILES string of the molecule is N#Cc1cc(-c2ccc(OC3CN(Cc4ccc(Oc5ccccc5)cc4)C3)nc2)ccn1. The van der Waals surface area contributed by atoms with Crippen LogP contribution in [0.2, 0.25) is 0 Å². The molecule has 4 aromatic rings. The van der Waals surface area contributed by atoms with E-state index in [0.29, 0.717) is 11.6 Å². The van der Waals surface area contributed by atoms with E-state index in [1.807, 2.05) is 60.7 Å². The Hall–Kier alpha value is -4.21. The van der Waals surface area contributed by atoms with Crippen molar-refractivity contribution in [2.75, 3.05) is 13.1 Å². The fourth-order valence-corrected chi connectivity index (χ4v) is 3.73. The van der Waals surface area contributed by atoms with E-state index in [4.69, 9.17) is 14.7 Å². The first kappa shape index (κ1) is 20.7. The van der Waals surface area contributed by atoms with E-state index in [1.54, 1.807) is 18.5 Å². The Balaban J connectivity index is 1.10. The molecule has 1 aliphatic rings. The molecule has 6 heteroatoms. The predicted octanol–water partition coefficient (Wildman–Crippen LogP) is 5.07. The first-order valence-corrected chi connectivity index (χ1v) is 10.8. The number of pyridine rings is 2. The summed E-state index contributed by atoms with van der Waals surface area (Å²) in [5, 5.41) is 9.01. The molecule has 0 amide bonds. The number of rotatable bonds is 7. The van der Waals surface area contributed by atoms with Crippen molar-refractivity contribution >= 4 is 0 Å². The van der Waals surface area contributed by atoms with E-state index in [-0.39, 0.29) is 6.10 Å². The molecule has 0 N–H and O–H groups in total. The molecule has 0 atom stereocenters. The van der Waals surface area contributed by atoms with Crippen molar-refractivity contribution in [3.05, 3.63) is 103 Å². The lowest BCUT2D eigenvalue weighted by molar-refractivity contribution is 0.0118. The number of nitrogens with zero attached hydrogens (tertiary/aromatic N) is 4. The van der Waals surface area contributed by atoms with Crippen LogP contribution in [0, 0.1) is 11.3 Å². The monoisotopic (exact) mass is 434 g/mol. The van der Waals surface area contributed by atoms with Crippen LogP contribution in [0.5, 0.6) is 17.4 Å². The minimum Gasteiger partial charge on any atom is -0.472 e. The second kappa shape index (κ2) is 9.51. The van der Waals surface area contributed by atoms with Crippen LogP contribution in [0.1, 0.15) is 11.3 Å². The average Bonchev–Trinajstić information content (AvgIpc) is 2.85. The van der Waals surface area contributed by atoms with E-state index in [9.17, 15) is 0 Å². The van der Waals surface area contributed by atoms with Gasteiger partial charge in [-0.25, -0.2) is 9.97 Å². The molecule has 162 valence electrons. The van der Waals surface area contributed by atoms with Gasteiger partial charge in [-0.2, -0.15) is 5.26 Å². The van der Waals surface area contributed by atoms with E-state index < -0.39 is 0 Å². The van der Waals surface area contributed by atoms with E-state index in [0.717, 1.165) is 42.3 Å². The zero-order valence-electron chi connectivity index (χ0n) is 18.0. The Morgan fingerprint density at radius 1 is 0.879 bits per heavy atom. The van der Waals surface area contributed by atoms with Crippen LogP contribution in [0.25, 0.3) is 11.1 Å². The molecular formula is C27H22N4O2. The van der Waals surface area contributed by atoms with Crippen molar-refractivity contribution in [3.63, 3.8) is 0 Å². The third-order valence-corrected chi connectivity index (χ3v) is 5.46. The van der Waals surface area contributed by atoms with Crippen molar-refractivity contribution in [3.8, 4) is 34.6 Å². The van der Waals surface area contributed by atoms with Crippen molar-refractivity contribution < 1.29 is 9.47 Å². The van der Waals surface area contributed by atoms with Gasteiger partial charge in [0.1, 0.15) is 29.4 Å². The summed E-state index contributed by atoms with van der Waals surface area (Å²) in [5.41, 5.74) is 3.47. The van der Waals surface area contributed by atoms with Crippen molar-refractivity contribution in [1.29, 1.82) is 5.26 Å². The van der Waals surface area contributed by atoms with E-state index >= 15 is 0 Å². The first-order valence-electron chi connectivity index (χ1n) is 10.8. The van der Waals surface area contributed by atoms with E-state index in [1.165, 1.54) is 5.56 Å². The summed E-state index contributed by atoms with van der Waals surface area (Å²) < 4.78 is 11.9. The first-order chi connectivity index (χ1) is 16.2. The number of aromatic nitrogens is 2. The Kier molecular flexibility index (Phi) is 5.96. The van der Waals surface area contributed by atoms with Gasteiger partial charge in [0, 0.05) is 43.7 Å². The maximum absolute atomic E-state index is 9.01. The maximum Gasteiger partial charge on any atom is 0.213 e. The van der Waals surface area contributed by atoms with Gasteiger partial charge >= 0.3 is 0 Å². The molecule has 1 aliphatic heterocycles. The highest BCUT2D eigenvalue weighted by molar-refractivity contribution is 5.63. The molecule has 3 heterocycles. The van der Waals surface area contributed by atoms with Crippen molar-refractivity contribution in [1.82, 2.24) is 14.9 Å². The molecule has 33 heavy (non-hydrogen) atoms. The highest BCUT2D eigenvalue weighted by Crippen LogP contribution is 2.24. The second-order valence-electron chi connectivity index (χ2n) is 7.92. The van der Waals surface area contributed by atoms with Gasteiger partial charge in [-0.3, -0.25) is 4.90 Å². The molecule has 0 saturated carbocycles. The summed E-state index contributed by atoms with van der Waals surface area (Å²) >= 11 is 0. The highest BCUT2D eigenvalue weighted by atomic mass is 16.5. The van der Waals surface area contributed by atoms with Gasteiger partial charge in [0.2, 0.25) is 5.88 Å². The lowest BCUT2D eigenvalue weighted by Gasteiger charge is -2.38. The Morgan fingerprint density at radius 3 is 2.39 bits per heavy atom. The molecule has 1 saturated heterocycles. The quantitative estimate of drug-likeness (QED) is 0.404. The van der Waals surface area contributed by atoms with Crippen LogP contribution in [0.15, 0.2) is 91.3 Å². The smallest absolute Gasteiger partial charge is 0.213 e. The predicted molar refractivity (Wildman–Crippen MR) is 125 cm³/mol. The number of benzene rings is 2. The third kappa shape index (κ3) is 5.17. The lowest BCUT2D eigenvalue weighted by atomic mass is 10.1. The molecule has 0 bridgehead atoms. The minimum absolute atomic E-state index is 0.134. The van der Waals surface area contributed by atoms with Crippen LogP contribution >= 0.6 is 0 Å². The third-order valence-electron chi connectivity index (χ3n) is 5.46. The summed E-state index contributed by atoms with van der Waals surface area (Å²) in [6, 6.07) is 27.5. The van der Waals surface area contributed by atoms with Gasteiger partial charge in [-0.1, -0.05) is 30.3 Å². The Bertz CT molecular complexity index is 1250. The summed E-state index contributed by atoms with van der Waals surface area (Å²) in [7, 11) is 0. The Morgan fingerprint density at radius 2 is 1.67 bits per heavy atom. The topological polar surface area (TPSA) is 71.3 Å². The number of ether oxygens (including phenoxy) is 2. The van der Waals surface area contributed by atoms with Gasteiger partial charge in [-0.05, 0) is 53.6 Å². The molecule has 0 spiro atoms. The molecular weight excluding hydrogens is 412 g/mol. The summed E-state index contributed by atoms with van der Waals surface area (Å²) in [4.78, 5) is 10.8. The molecule has 1 fully saturated rings. The van der Waals surface area contributed by atoms with Gasteiger partial charge in [0.05, 0.1) is 0 Å². The van der Waals surface area contributed by atoms with Crippen molar-refractivity contribution in [2.24, 2.45) is 0 Å². The Labute approximate surface area is 192 Å². The highest BCUT2D eigenvalue weighted by Gasteiger charge is 2.28. The lowest BCUT2D eigenvalue weighted by Crippen LogP contribution is -2.53. The molecule has 2 aromatic carbocycles. The fraction of sp³-hybridized carbons (Fsp3) is 0.148. The number of likely N-dealkylation sites (tertiary alicyclic amines) is 1. The van der Waals surface area contributed by atoms with Crippen LogP contribution in [0.3, 0.4) is 0 Å². The molecule has 6 nitrogen and oxygen atoms in total. The normalized spacial score (nSPS) is 13.7. The van der Waals surface area contributed by atoms with Gasteiger partial charge < -0.3 is 9.47 Å². The molecule has 0 unspecified atom stereocenters. The van der Waals surface area contributed by atoms with Crippen molar-refractivity contribution in [2.45, 2.75) is 12.6 Å². The average molecular weight is 434 g/mol. The zero-order valence-corrected chi connectivity index (χ0v) is 18.0. The molecule has 0 radical (unpaired) electrons. The van der Waals surface area contributed by atoms with Crippen LogP contribution < -0.4 is 9.47 Å². The zero-order chi connectivity index (χ0) is 22.5. The second-order valence-corrected chi connectivity index (χ2v) is 7.92. The number of hydrogen-bond acceptors (Lipinski definition) is 6. The fourth-order valence-electron chi connectivity index (χ4n) is 3.73. The number of nitriles is 1. The maximum atomic E-state index is 9.01. The van der Waals surface area contributed by atoms with E-state index in [2.05, 4.69) is 33.1 Å². The van der Waals surface area contributed by atoms with Gasteiger partial charge in [0.25, 0.3) is 0 Å². The molecule has 0 aliphatic carbocycles. The number of para-hydroxylation sites is 1. The molecule has 5 rings (SSSR count). The van der Waals surface area contributed by atoms with Crippen LogP contribution in [0.4, 0.5) is 0 Å². The van der Waals surface area contributed by atoms with Gasteiger partial charge in [0.15, 0.2) is 0 Å². The standard InChI is InChI=1S/C27H22N4O2/c28-15-23-14-21(12-13-29-23)22-8-11-27(30-16-22)33-26-18-31(19-26)17-20-6-9-25(10-7-20)32-24-4-2-1-3-5-24/h1-14,16,26H,17-19H2. The summed E-state index contributed by atoms with van der Waals surface area (Å²) in [6.45, 7) is 2.60. The minimum atomic E-state index is 0.134. The van der Waals surface area contributed by atoms with Gasteiger partial charge in [-0.15, -0.1) is 0 Å². The summed E-state index contributed by atoms with van der Waals surface area (Å²) in [5.74, 6) is 2.28. The molecule has 2 aromatic heterocycles. The summed E-state index contributed by atoms with van der Waals surface area (Å²) in [6.07, 6.45) is 3.53. The van der Waals surface area contributed by atoms with Crippen LogP contribution in [-0.2, 0) is 6.54 Å².